The fourth-order valence-electron chi connectivity index (χ4n) is 4.52. The van der Waals surface area contributed by atoms with Gasteiger partial charge < -0.3 is 15.5 Å². The molecule has 3 aromatic rings. The second-order valence-corrected chi connectivity index (χ2v) is 8.85. The van der Waals surface area contributed by atoms with Crippen LogP contribution in [-0.4, -0.2) is 44.6 Å². The van der Waals surface area contributed by atoms with Crippen molar-refractivity contribution in [3.8, 4) is 12.3 Å². The molecule has 1 saturated carbocycles. The number of terminal acetylenes is 1. The average molecular weight is 414 g/mol. The van der Waals surface area contributed by atoms with Crippen molar-refractivity contribution < 1.29 is 0 Å². The van der Waals surface area contributed by atoms with E-state index < -0.39 is 0 Å². The first-order valence-corrected chi connectivity index (χ1v) is 11.2. The zero-order valence-electron chi connectivity index (χ0n) is 17.0. The molecule has 2 fully saturated rings. The molecule has 2 N–H and O–H groups in total. The van der Waals surface area contributed by atoms with Gasteiger partial charge in [-0.05, 0) is 42.5 Å². The Kier molecular flexibility index (Phi) is 6.26. The summed E-state index contributed by atoms with van der Waals surface area (Å²) in [4.78, 5) is 12.6. The van der Waals surface area contributed by atoms with E-state index in [0.29, 0.717) is 5.92 Å². The van der Waals surface area contributed by atoms with Gasteiger partial charge in [0.15, 0.2) is 0 Å². The molecule has 1 aliphatic heterocycles. The van der Waals surface area contributed by atoms with E-state index in [-0.39, 0.29) is 8.41 Å². The lowest BCUT2D eigenvalue weighted by Gasteiger charge is -2.29. The van der Waals surface area contributed by atoms with Gasteiger partial charge in [0.2, 0.25) is 0 Å². The summed E-state index contributed by atoms with van der Waals surface area (Å²) in [5.74, 6) is 5.13. The Morgan fingerprint density at radius 2 is 1.87 bits per heavy atom. The fraction of sp³-hybridized carbons (Fsp3) is 0.391. The minimum absolute atomic E-state index is 0. The number of piperazine rings is 1. The van der Waals surface area contributed by atoms with Crippen molar-refractivity contribution in [2.75, 3.05) is 36.4 Å². The minimum atomic E-state index is 0. The zero-order valence-corrected chi connectivity index (χ0v) is 17.8. The molecule has 30 heavy (non-hydrogen) atoms. The number of pyridine rings is 2. The maximum absolute atomic E-state index is 5.83. The van der Waals surface area contributed by atoms with Crippen LogP contribution in [0, 0.1) is 12.3 Å². The molecule has 2 aliphatic rings. The van der Waals surface area contributed by atoms with Crippen LogP contribution in [0.5, 0.6) is 0 Å². The lowest BCUT2D eigenvalue weighted by molar-refractivity contribution is 0.589. The first-order valence-electron chi connectivity index (χ1n) is 10.4. The molecule has 0 bridgehead atoms. The maximum atomic E-state index is 5.83. The molecule has 151 valence electrons. The predicted octanol–water partition coefficient (Wildman–Crippen LogP) is 4.10. The van der Waals surface area contributed by atoms with Crippen molar-refractivity contribution in [1.29, 1.82) is 0 Å². The van der Waals surface area contributed by atoms with Crippen molar-refractivity contribution >= 4 is 47.2 Å². The molecule has 7 heteroatoms. The number of fused-ring (bicyclic) bond motifs is 1. The van der Waals surface area contributed by atoms with Crippen molar-refractivity contribution in [3.63, 3.8) is 0 Å². The first kappa shape index (κ1) is 20.7. The van der Waals surface area contributed by atoms with Gasteiger partial charge in [0.05, 0.1) is 21.5 Å². The van der Waals surface area contributed by atoms with Crippen LogP contribution in [0.1, 0.15) is 42.0 Å². The number of hydrogen-bond acceptors (Lipinski definition) is 6. The quantitative estimate of drug-likeness (QED) is 0.497. The molecule has 0 amide bonds. The summed E-state index contributed by atoms with van der Waals surface area (Å²) in [6.07, 6.45) is 14.8. The van der Waals surface area contributed by atoms with Crippen LogP contribution in [0.3, 0.4) is 0 Å². The molecule has 3 aromatic heterocycles. The summed E-state index contributed by atoms with van der Waals surface area (Å²) in [5.41, 5.74) is 2.53. The lowest BCUT2D eigenvalue weighted by Crippen LogP contribution is -2.43. The van der Waals surface area contributed by atoms with Gasteiger partial charge >= 0.3 is 0 Å². The molecule has 1 saturated heterocycles. The van der Waals surface area contributed by atoms with Crippen LogP contribution >= 0.6 is 11.3 Å². The van der Waals surface area contributed by atoms with E-state index in [1.807, 2.05) is 18.5 Å². The van der Waals surface area contributed by atoms with Gasteiger partial charge in [0.1, 0.15) is 11.6 Å². The number of nitrogens with zero attached hydrogens (tertiary/aromatic N) is 3. The van der Waals surface area contributed by atoms with Crippen molar-refractivity contribution in [2.24, 2.45) is 0 Å². The number of nitrogens with one attached hydrogen (secondary N) is 2. The molecular weight excluding hydrogens is 389 g/mol. The normalized spacial score (nSPS) is 17.0. The summed E-state index contributed by atoms with van der Waals surface area (Å²) in [5, 5.41) is 8.01. The molecule has 4 heterocycles. The van der Waals surface area contributed by atoms with Gasteiger partial charge in [-0.2, -0.15) is 0 Å². The van der Waals surface area contributed by atoms with Gasteiger partial charge in [-0.1, -0.05) is 18.8 Å². The average Bonchev–Trinajstić information content (AvgIpc) is 3.42. The topological polar surface area (TPSA) is 53.1 Å². The van der Waals surface area contributed by atoms with E-state index in [2.05, 4.69) is 43.6 Å². The largest absolute Gasteiger partial charge is 0.368 e. The standard InChI is InChI=1S/C23H25N5S.B/c1-2-19-23(16-5-3-4-6-16)18-13-22(26-15-20(18)29-19)27-21-8-7-17(14-25-21)28-11-9-24-10-12-28;/h1,7-8,13-16,24H,3-6,9-12H2,(H,25,26,27);. The van der Waals surface area contributed by atoms with Crippen LogP contribution in [0.15, 0.2) is 30.6 Å². The van der Waals surface area contributed by atoms with E-state index in [1.165, 1.54) is 47.0 Å². The molecule has 0 atom stereocenters. The summed E-state index contributed by atoms with van der Waals surface area (Å²) in [6.45, 7) is 4.08. The Labute approximate surface area is 183 Å². The number of rotatable bonds is 4. The van der Waals surface area contributed by atoms with Crippen LogP contribution in [-0.2, 0) is 0 Å². The van der Waals surface area contributed by atoms with Gasteiger partial charge in [-0.15, -0.1) is 17.8 Å². The third-order valence-electron chi connectivity index (χ3n) is 5.99. The van der Waals surface area contributed by atoms with E-state index in [0.717, 1.165) is 42.7 Å². The lowest BCUT2D eigenvalue weighted by atomic mass is 9.95. The Morgan fingerprint density at radius 1 is 1.10 bits per heavy atom. The fourth-order valence-corrected chi connectivity index (χ4v) is 5.57. The second kappa shape index (κ2) is 9.07. The third kappa shape index (κ3) is 4.03. The van der Waals surface area contributed by atoms with Crippen molar-refractivity contribution in [3.05, 3.63) is 41.0 Å². The number of anilines is 3. The highest BCUT2D eigenvalue weighted by Crippen LogP contribution is 2.43. The summed E-state index contributed by atoms with van der Waals surface area (Å²) < 4.78 is 1.17. The Hall–Kier alpha value is -2.56. The van der Waals surface area contributed by atoms with E-state index in [4.69, 9.17) is 6.42 Å². The zero-order chi connectivity index (χ0) is 19.6. The molecule has 0 aromatic carbocycles. The summed E-state index contributed by atoms with van der Waals surface area (Å²) in [6, 6.07) is 6.30. The molecule has 0 unspecified atom stereocenters. The molecule has 1 aliphatic carbocycles. The Bertz CT molecular complexity index is 1040. The highest BCUT2D eigenvalue weighted by molar-refractivity contribution is 7.19. The van der Waals surface area contributed by atoms with Gasteiger partial charge in [-0.25, -0.2) is 9.97 Å². The smallest absolute Gasteiger partial charge is 0.132 e. The second-order valence-electron chi connectivity index (χ2n) is 7.80. The number of hydrogen-bond donors (Lipinski definition) is 2. The number of thiophene rings is 1. The van der Waals surface area contributed by atoms with Gasteiger partial charge in [0, 0.05) is 46.2 Å². The van der Waals surface area contributed by atoms with Crippen molar-refractivity contribution in [2.45, 2.75) is 31.6 Å². The summed E-state index contributed by atoms with van der Waals surface area (Å²) in [7, 11) is 0. The van der Waals surface area contributed by atoms with Crippen LogP contribution in [0.4, 0.5) is 17.3 Å². The third-order valence-corrected chi connectivity index (χ3v) is 7.08. The molecular formula is C23H25BN5S. The van der Waals surface area contributed by atoms with Crippen LogP contribution < -0.4 is 15.5 Å². The number of aromatic nitrogens is 2. The monoisotopic (exact) mass is 414 g/mol. The first-order chi connectivity index (χ1) is 14.3. The highest BCUT2D eigenvalue weighted by Gasteiger charge is 2.24. The Balaban J connectivity index is 0.00000218. The molecule has 3 radical (unpaired) electrons. The van der Waals surface area contributed by atoms with E-state index >= 15 is 0 Å². The Morgan fingerprint density at radius 3 is 2.57 bits per heavy atom. The van der Waals surface area contributed by atoms with Crippen LogP contribution in [0.2, 0.25) is 0 Å². The van der Waals surface area contributed by atoms with E-state index in [9.17, 15) is 0 Å². The minimum Gasteiger partial charge on any atom is -0.368 e. The van der Waals surface area contributed by atoms with Gasteiger partial charge in [0.25, 0.3) is 0 Å². The molecule has 0 spiro atoms. The predicted molar refractivity (Wildman–Crippen MR) is 127 cm³/mol. The van der Waals surface area contributed by atoms with Crippen LogP contribution in [0.25, 0.3) is 10.1 Å². The molecule has 5 rings (SSSR count). The van der Waals surface area contributed by atoms with E-state index in [1.54, 1.807) is 11.3 Å². The SMILES string of the molecule is C#Cc1sc2cnc(Nc3ccc(N4CCNCC4)cn3)cc2c1C1CCCC1.[B]. The van der Waals surface area contributed by atoms with Gasteiger partial charge in [-0.3, -0.25) is 0 Å². The summed E-state index contributed by atoms with van der Waals surface area (Å²) >= 11 is 1.69. The molecule has 5 nitrogen and oxygen atoms in total. The van der Waals surface area contributed by atoms with Crippen molar-refractivity contribution in [1.82, 2.24) is 15.3 Å². The highest BCUT2D eigenvalue weighted by atomic mass is 32.1. The maximum Gasteiger partial charge on any atom is 0.132 e.